The van der Waals surface area contributed by atoms with Crippen LogP contribution in [0.2, 0.25) is 0 Å². The molecule has 0 saturated heterocycles. The van der Waals surface area contributed by atoms with E-state index in [2.05, 4.69) is 19.2 Å². The summed E-state index contributed by atoms with van der Waals surface area (Å²) in [6.07, 6.45) is 2.25. The highest BCUT2D eigenvalue weighted by atomic mass is 32.2. The quantitative estimate of drug-likeness (QED) is 0.714. The molecular weight excluding hydrogens is 388 g/mol. The maximum atomic E-state index is 12.9. The van der Waals surface area contributed by atoms with E-state index in [1.54, 1.807) is 26.0 Å². The molecule has 8 heteroatoms. The van der Waals surface area contributed by atoms with E-state index in [1.807, 2.05) is 22.9 Å². The largest absolute Gasteiger partial charge is 0.493 e. The van der Waals surface area contributed by atoms with Crippen LogP contribution in [0.5, 0.6) is 11.5 Å². The molecule has 0 bridgehead atoms. The van der Waals surface area contributed by atoms with E-state index in [4.69, 9.17) is 19.6 Å². The number of hydrogen-bond donors (Lipinski definition) is 1. The number of nitrogens with zero attached hydrogens (tertiary/aromatic N) is 3. The smallest absolute Gasteiger partial charge is 0.227 e. The van der Waals surface area contributed by atoms with E-state index >= 15 is 0 Å². The zero-order valence-electron chi connectivity index (χ0n) is 17.2. The van der Waals surface area contributed by atoms with Gasteiger partial charge in [-0.25, -0.2) is 4.68 Å². The number of nitrogens with one attached hydrogen (secondary N) is 1. The maximum absolute atomic E-state index is 12.9. The van der Waals surface area contributed by atoms with Crippen molar-refractivity contribution in [2.24, 2.45) is 5.92 Å². The van der Waals surface area contributed by atoms with Crippen LogP contribution in [-0.2, 0) is 4.79 Å². The number of hydrogen-bond acceptors (Lipinski definition) is 7. The third kappa shape index (κ3) is 3.73. The van der Waals surface area contributed by atoms with E-state index in [0.717, 1.165) is 40.6 Å². The third-order valence-electron chi connectivity index (χ3n) is 5.12. The zero-order valence-corrected chi connectivity index (χ0v) is 18.0. The number of rotatable bonds is 6. The number of Topliss-reactive ketones (excluding diaryl/α,β-unsaturated/α-hetero) is 1. The standard InChI is InChI=1S/C21H26N4O3S/c1-12(2)11-29-21-23-20-22-14-6-5-7-15(26)18(14)19(25(20)24-21)13-8-9-16(27-3)17(10-13)28-4/h8-10,12,19H,5-7,11H2,1-4H3,(H,22,23,24). The van der Waals surface area contributed by atoms with Crippen molar-refractivity contribution in [3.05, 3.63) is 35.0 Å². The van der Waals surface area contributed by atoms with E-state index in [1.165, 1.54) is 0 Å². The zero-order chi connectivity index (χ0) is 20.5. The van der Waals surface area contributed by atoms with Gasteiger partial charge in [0, 0.05) is 23.4 Å². The van der Waals surface area contributed by atoms with Gasteiger partial charge < -0.3 is 14.8 Å². The highest BCUT2D eigenvalue weighted by Gasteiger charge is 2.37. The highest BCUT2D eigenvalue weighted by molar-refractivity contribution is 7.99. The fraction of sp³-hybridized carbons (Fsp3) is 0.476. The number of ether oxygens (including phenoxy) is 2. The number of methoxy groups -OCH3 is 2. The molecule has 2 heterocycles. The normalized spacial score (nSPS) is 18.4. The molecule has 0 spiro atoms. The lowest BCUT2D eigenvalue weighted by Gasteiger charge is -2.32. The average molecular weight is 415 g/mol. The molecule has 0 fully saturated rings. The monoisotopic (exact) mass is 414 g/mol. The van der Waals surface area contributed by atoms with Crippen molar-refractivity contribution >= 4 is 23.5 Å². The molecule has 1 aliphatic carbocycles. The van der Waals surface area contributed by atoms with Crippen molar-refractivity contribution in [1.82, 2.24) is 14.8 Å². The molecule has 1 unspecified atom stereocenters. The summed E-state index contributed by atoms with van der Waals surface area (Å²) in [5, 5.41) is 8.84. The molecule has 0 amide bonds. The number of ketones is 1. The second-order valence-corrected chi connectivity index (χ2v) is 8.67. The van der Waals surface area contributed by atoms with Crippen LogP contribution in [0.4, 0.5) is 5.95 Å². The van der Waals surface area contributed by atoms with Crippen LogP contribution in [0.3, 0.4) is 0 Å². The molecule has 1 aliphatic heterocycles. The molecule has 1 aromatic heterocycles. The SMILES string of the molecule is COc1ccc(C2C3=C(CCCC3=O)Nc3nc(SCC(C)C)nn32)cc1OC. The molecule has 1 atom stereocenters. The minimum Gasteiger partial charge on any atom is -0.493 e. The van der Waals surface area contributed by atoms with Crippen molar-refractivity contribution in [2.45, 2.75) is 44.3 Å². The van der Waals surface area contributed by atoms with Crippen LogP contribution in [0.15, 0.2) is 34.6 Å². The molecule has 2 aliphatic rings. The number of carbonyl (C=O) groups excluding carboxylic acids is 1. The third-order valence-corrected chi connectivity index (χ3v) is 6.38. The van der Waals surface area contributed by atoms with Crippen LogP contribution in [0.1, 0.15) is 44.7 Å². The molecule has 0 saturated carbocycles. The van der Waals surface area contributed by atoms with Gasteiger partial charge in [0.15, 0.2) is 17.3 Å². The predicted molar refractivity (Wildman–Crippen MR) is 113 cm³/mol. The number of allylic oxidation sites excluding steroid dienone is 2. The van der Waals surface area contributed by atoms with Crippen molar-refractivity contribution in [3.63, 3.8) is 0 Å². The highest BCUT2D eigenvalue weighted by Crippen LogP contribution is 2.42. The summed E-state index contributed by atoms with van der Waals surface area (Å²) in [4.78, 5) is 17.6. The Morgan fingerprint density at radius 2 is 2.03 bits per heavy atom. The molecule has 4 rings (SSSR count). The van der Waals surface area contributed by atoms with Crippen LogP contribution in [0, 0.1) is 5.92 Å². The summed E-state index contributed by atoms with van der Waals surface area (Å²) in [5.41, 5.74) is 2.67. The second-order valence-electron chi connectivity index (χ2n) is 7.68. The summed E-state index contributed by atoms with van der Waals surface area (Å²) in [6.45, 7) is 4.35. The fourth-order valence-corrected chi connectivity index (χ4v) is 4.55. The average Bonchev–Trinajstić information content (AvgIpc) is 3.13. The summed E-state index contributed by atoms with van der Waals surface area (Å²) in [5.74, 6) is 3.62. The fourth-order valence-electron chi connectivity index (χ4n) is 3.77. The Labute approximate surface area is 174 Å². The van der Waals surface area contributed by atoms with Gasteiger partial charge in [-0.15, -0.1) is 5.10 Å². The van der Waals surface area contributed by atoms with E-state index in [0.29, 0.717) is 29.8 Å². The first-order valence-electron chi connectivity index (χ1n) is 9.86. The van der Waals surface area contributed by atoms with Gasteiger partial charge in [0.25, 0.3) is 0 Å². The van der Waals surface area contributed by atoms with Gasteiger partial charge in [0.1, 0.15) is 6.04 Å². The van der Waals surface area contributed by atoms with Crippen molar-refractivity contribution in [3.8, 4) is 11.5 Å². The molecule has 1 N–H and O–H groups in total. The molecule has 7 nitrogen and oxygen atoms in total. The maximum Gasteiger partial charge on any atom is 0.227 e. The summed E-state index contributed by atoms with van der Waals surface area (Å²) >= 11 is 1.64. The minimum atomic E-state index is -0.324. The van der Waals surface area contributed by atoms with Crippen LogP contribution < -0.4 is 14.8 Å². The Bertz CT molecular complexity index is 967. The first-order valence-corrected chi connectivity index (χ1v) is 10.8. The van der Waals surface area contributed by atoms with Crippen molar-refractivity contribution in [2.75, 3.05) is 25.3 Å². The summed E-state index contributed by atoms with van der Waals surface area (Å²) in [6, 6.07) is 5.44. The van der Waals surface area contributed by atoms with Gasteiger partial charge in [0.05, 0.1) is 14.2 Å². The van der Waals surface area contributed by atoms with E-state index in [-0.39, 0.29) is 11.8 Å². The lowest BCUT2D eigenvalue weighted by molar-refractivity contribution is -0.116. The summed E-state index contributed by atoms with van der Waals surface area (Å²) in [7, 11) is 3.23. The molecule has 1 aromatic carbocycles. The van der Waals surface area contributed by atoms with Gasteiger partial charge in [-0.2, -0.15) is 4.98 Å². The Balaban J connectivity index is 1.81. The van der Waals surface area contributed by atoms with Crippen LogP contribution >= 0.6 is 11.8 Å². The Kier molecular flexibility index (Phi) is 5.54. The second kappa shape index (κ2) is 8.10. The lowest BCUT2D eigenvalue weighted by Crippen LogP contribution is -2.31. The molecule has 29 heavy (non-hydrogen) atoms. The molecule has 154 valence electrons. The molecule has 0 radical (unpaired) electrons. The number of benzene rings is 1. The first-order chi connectivity index (χ1) is 14.0. The van der Waals surface area contributed by atoms with Crippen LogP contribution in [0.25, 0.3) is 0 Å². The number of aromatic nitrogens is 3. The first kappa shape index (κ1) is 19.8. The Morgan fingerprint density at radius 3 is 2.76 bits per heavy atom. The number of carbonyl (C=O) groups is 1. The predicted octanol–water partition coefficient (Wildman–Crippen LogP) is 4.07. The Morgan fingerprint density at radius 1 is 1.24 bits per heavy atom. The number of thioether (sulfide) groups is 1. The Hall–Kier alpha value is -2.48. The van der Waals surface area contributed by atoms with Gasteiger partial charge in [0.2, 0.25) is 11.1 Å². The number of anilines is 1. The van der Waals surface area contributed by atoms with E-state index < -0.39 is 0 Å². The topological polar surface area (TPSA) is 78.3 Å². The summed E-state index contributed by atoms with van der Waals surface area (Å²) < 4.78 is 12.7. The minimum absolute atomic E-state index is 0.163. The van der Waals surface area contributed by atoms with Gasteiger partial charge in [-0.3, -0.25) is 4.79 Å². The lowest BCUT2D eigenvalue weighted by atomic mass is 9.85. The van der Waals surface area contributed by atoms with Crippen molar-refractivity contribution in [1.29, 1.82) is 0 Å². The van der Waals surface area contributed by atoms with Gasteiger partial charge >= 0.3 is 0 Å². The van der Waals surface area contributed by atoms with Crippen molar-refractivity contribution < 1.29 is 14.3 Å². The molecular formula is C21H26N4O3S. The number of fused-ring (bicyclic) bond motifs is 1. The van der Waals surface area contributed by atoms with Gasteiger partial charge in [-0.05, 0) is 36.5 Å². The van der Waals surface area contributed by atoms with E-state index in [9.17, 15) is 4.79 Å². The van der Waals surface area contributed by atoms with Crippen LogP contribution in [-0.4, -0.2) is 40.5 Å². The van der Waals surface area contributed by atoms with Gasteiger partial charge in [-0.1, -0.05) is 31.7 Å². The molecule has 2 aromatic rings.